The number of alkyl halides is 2. The van der Waals surface area contributed by atoms with Gasteiger partial charge in [0.05, 0.1) is 24.8 Å². The lowest BCUT2D eigenvalue weighted by Gasteiger charge is -2.08. The molecular weight excluding hydrogens is 237 g/mol. The smallest absolute Gasteiger partial charge is 0.311 e. The summed E-state index contributed by atoms with van der Waals surface area (Å²) in [4.78, 5) is 14.4. The van der Waals surface area contributed by atoms with Crippen molar-refractivity contribution in [1.29, 1.82) is 5.26 Å². The van der Waals surface area contributed by atoms with Crippen LogP contribution in [-0.2, 0) is 16.0 Å². The fourth-order valence-corrected chi connectivity index (χ4v) is 1.19. The zero-order valence-electron chi connectivity index (χ0n) is 8.71. The number of hydrogen-bond acceptors (Lipinski definition) is 4. The molecule has 0 radical (unpaired) electrons. The molecule has 7 heteroatoms. The SMILES string of the molecule is COC(=O)Cc1ncc(C#N)c(F)c1C(F)F. The predicted molar refractivity (Wildman–Crippen MR) is 49.6 cm³/mol. The number of pyridine rings is 1. The highest BCUT2D eigenvalue weighted by atomic mass is 19.3. The predicted octanol–water partition coefficient (Wildman–Crippen LogP) is 1.75. The van der Waals surface area contributed by atoms with Gasteiger partial charge in [0.15, 0.2) is 5.82 Å². The first kappa shape index (κ1) is 13.0. The number of aromatic nitrogens is 1. The molecule has 17 heavy (non-hydrogen) atoms. The van der Waals surface area contributed by atoms with Crippen molar-refractivity contribution < 1.29 is 22.7 Å². The molecule has 0 aromatic carbocycles. The van der Waals surface area contributed by atoms with E-state index in [-0.39, 0.29) is 0 Å². The van der Waals surface area contributed by atoms with Crippen LogP contribution in [0.25, 0.3) is 0 Å². The van der Waals surface area contributed by atoms with Gasteiger partial charge in [0.25, 0.3) is 6.43 Å². The van der Waals surface area contributed by atoms with Crippen LogP contribution in [0.1, 0.15) is 23.2 Å². The highest BCUT2D eigenvalue weighted by Gasteiger charge is 2.24. The zero-order valence-corrected chi connectivity index (χ0v) is 8.71. The van der Waals surface area contributed by atoms with Gasteiger partial charge < -0.3 is 4.74 Å². The van der Waals surface area contributed by atoms with Crippen LogP contribution >= 0.6 is 0 Å². The molecule has 4 nitrogen and oxygen atoms in total. The van der Waals surface area contributed by atoms with Gasteiger partial charge in [-0.2, -0.15) is 5.26 Å². The lowest BCUT2D eigenvalue weighted by atomic mass is 10.1. The van der Waals surface area contributed by atoms with Gasteiger partial charge in [-0.3, -0.25) is 9.78 Å². The van der Waals surface area contributed by atoms with Gasteiger partial charge in [-0.05, 0) is 0 Å². The summed E-state index contributed by atoms with van der Waals surface area (Å²) in [5.74, 6) is -2.17. The summed E-state index contributed by atoms with van der Waals surface area (Å²) in [5, 5.41) is 8.48. The Hall–Kier alpha value is -2.10. The van der Waals surface area contributed by atoms with Gasteiger partial charge in [-0.25, -0.2) is 13.2 Å². The van der Waals surface area contributed by atoms with Crippen molar-refractivity contribution >= 4 is 5.97 Å². The number of nitrogens with zero attached hydrogens (tertiary/aromatic N) is 2. The van der Waals surface area contributed by atoms with Crippen LogP contribution in [0.5, 0.6) is 0 Å². The molecule has 0 aliphatic rings. The molecule has 1 aromatic heterocycles. The van der Waals surface area contributed by atoms with E-state index >= 15 is 0 Å². The minimum absolute atomic E-state index is 0.427. The Morgan fingerprint density at radius 1 is 1.65 bits per heavy atom. The standard InChI is InChI=1S/C10H7F3N2O2/c1-17-7(16)2-6-8(10(12)13)9(11)5(3-14)4-15-6/h4,10H,2H2,1H3. The van der Waals surface area contributed by atoms with Crippen LogP contribution < -0.4 is 0 Å². The van der Waals surface area contributed by atoms with E-state index in [1.807, 2.05) is 0 Å². The van der Waals surface area contributed by atoms with Crippen LogP contribution in [0.2, 0.25) is 0 Å². The maximum atomic E-state index is 13.4. The first-order chi connectivity index (χ1) is 8.01. The lowest BCUT2D eigenvalue weighted by Crippen LogP contribution is -2.11. The number of rotatable bonds is 3. The largest absolute Gasteiger partial charge is 0.469 e. The fourth-order valence-electron chi connectivity index (χ4n) is 1.19. The van der Waals surface area contributed by atoms with Crippen molar-refractivity contribution in [3.8, 4) is 6.07 Å². The van der Waals surface area contributed by atoms with Crippen LogP contribution in [0.3, 0.4) is 0 Å². The van der Waals surface area contributed by atoms with Crippen molar-refractivity contribution in [2.24, 2.45) is 0 Å². The number of ether oxygens (including phenoxy) is 1. The second-order valence-corrected chi connectivity index (χ2v) is 3.01. The second-order valence-electron chi connectivity index (χ2n) is 3.01. The number of esters is 1. The number of methoxy groups -OCH3 is 1. The molecule has 0 aliphatic heterocycles. The summed E-state index contributed by atoms with van der Waals surface area (Å²) < 4.78 is 43.0. The molecule has 0 saturated carbocycles. The lowest BCUT2D eigenvalue weighted by molar-refractivity contribution is -0.139. The fraction of sp³-hybridized carbons (Fsp3) is 0.300. The molecule has 90 valence electrons. The highest BCUT2D eigenvalue weighted by molar-refractivity contribution is 5.72. The third-order valence-corrected chi connectivity index (χ3v) is 2.01. The monoisotopic (exact) mass is 244 g/mol. The third-order valence-electron chi connectivity index (χ3n) is 2.01. The Morgan fingerprint density at radius 3 is 2.76 bits per heavy atom. The Bertz CT molecular complexity index is 483. The number of hydrogen-bond donors (Lipinski definition) is 0. The molecule has 0 unspecified atom stereocenters. The molecule has 0 saturated heterocycles. The normalized spacial score (nSPS) is 10.1. The van der Waals surface area contributed by atoms with E-state index in [4.69, 9.17) is 5.26 Å². The molecular formula is C10H7F3N2O2. The van der Waals surface area contributed by atoms with Crippen molar-refractivity contribution in [3.63, 3.8) is 0 Å². The first-order valence-electron chi connectivity index (χ1n) is 4.43. The summed E-state index contributed by atoms with van der Waals surface area (Å²) >= 11 is 0. The Balaban J connectivity index is 3.27. The summed E-state index contributed by atoms with van der Waals surface area (Å²) in [6.45, 7) is 0. The minimum atomic E-state index is -3.16. The maximum Gasteiger partial charge on any atom is 0.311 e. The average molecular weight is 244 g/mol. The van der Waals surface area contributed by atoms with Gasteiger partial charge >= 0.3 is 5.97 Å². The van der Waals surface area contributed by atoms with E-state index in [0.29, 0.717) is 0 Å². The van der Waals surface area contributed by atoms with E-state index in [9.17, 15) is 18.0 Å². The van der Waals surface area contributed by atoms with Gasteiger partial charge in [0, 0.05) is 6.20 Å². The molecule has 0 amide bonds. The van der Waals surface area contributed by atoms with Crippen LogP contribution in [-0.4, -0.2) is 18.1 Å². The Labute approximate surface area is 94.6 Å². The van der Waals surface area contributed by atoms with Crippen molar-refractivity contribution in [2.45, 2.75) is 12.8 Å². The quantitative estimate of drug-likeness (QED) is 0.760. The van der Waals surface area contributed by atoms with E-state index < -0.39 is 41.5 Å². The topological polar surface area (TPSA) is 63.0 Å². The number of carbonyl (C=O) groups excluding carboxylic acids is 1. The average Bonchev–Trinajstić information content (AvgIpc) is 2.28. The van der Waals surface area contributed by atoms with Crippen LogP contribution in [0, 0.1) is 17.1 Å². The maximum absolute atomic E-state index is 13.4. The summed E-state index contributed by atoms with van der Waals surface area (Å²) in [7, 11) is 1.07. The van der Waals surface area contributed by atoms with Crippen molar-refractivity contribution in [3.05, 3.63) is 28.8 Å². The van der Waals surface area contributed by atoms with Gasteiger partial charge in [0.1, 0.15) is 11.6 Å². The van der Waals surface area contributed by atoms with Gasteiger partial charge in [-0.15, -0.1) is 0 Å². The van der Waals surface area contributed by atoms with E-state index in [1.54, 1.807) is 0 Å². The molecule has 0 bridgehead atoms. The first-order valence-corrected chi connectivity index (χ1v) is 4.43. The Morgan fingerprint density at radius 2 is 2.29 bits per heavy atom. The van der Waals surface area contributed by atoms with Gasteiger partial charge in [0.2, 0.25) is 0 Å². The number of halogens is 3. The number of nitriles is 1. The molecule has 0 N–H and O–H groups in total. The van der Waals surface area contributed by atoms with E-state index in [2.05, 4.69) is 9.72 Å². The van der Waals surface area contributed by atoms with Crippen LogP contribution in [0.4, 0.5) is 13.2 Å². The summed E-state index contributed by atoms with van der Waals surface area (Å²) in [6, 6.07) is 1.40. The third kappa shape index (κ3) is 2.72. The Kier molecular flexibility index (Phi) is 4.04. The van der Waals surface area contributed by atoms with Gasteiger partial charge in [-0.1, -0.05) is 0 Å². The molecule has 0 aliphatic carbocycles. The second kappa shape index (κ2) is 5.30. The van der Waals surface area contributed by atoms with Crippen LogP contribution in [0.15, 0.2) is 6.20 Å². The molecule has 0 spiro atoms. The van der Waals surface area contributed by atoms with Crippen molar-refractivity contribution in [1.82, 2.24) is 4.98 Å². The highest BCUT2D eigenvalue weighted by Crippen LogP contribution is 2.26. The summed E-state index contributed by atoms with van der Waals surface area (Å²) in [5.41, 5.74) is -2.05. The van der Waals surface area contributed by atoms with E-state index in [1.165, 1.54) is 6.07 Å². The molecule has 1 heterocycles. The number of carbonyl (C=O) groups is 1. The zero-order chi connectivity index (χ0) is 13.0. The molecule has 0 fully saturated rings. The van der Waals surface area contributed by atoms with Crippen molar-refractivity contribution in [2.75, 3.05) is 7.11 Å². The minimum Gasteiger partial charge on any atom is -0.469 e. The van der Waals surface area contributed by atoms with E-state index in [0.717, 1.165) is 13.3 Å². The molecule has 1 aromatic rings. The molecule has 1 rings (SSSR count). The molecule has 0 atom stereocenters. The summed E-state index contributed by atoms with van der Waals surface area (Å²) in [6.07, 6.45) is -2.92.